The Morgan fingerprint density at radius 1 is 1.26 bits per heavy atom. The number of nitrogens with zero attached hydrogens (tertiary/aromatic N) is 3. The molecule has 0 bridgehead atoms. The first kappa shape index (κ1) is 20.2. The molecule has 1 rings (SSSR count). The van der Waals surface area contributed by atoms with E-state index in [1.54, 1.807) is 7.11 Å². The minimum absolute atomic E-state index is 0.773. The van der Waals surface area contributed by atoms with Crippen LogP contribution in [0.2, 0.25) is 0 Å². The van der Waals surface area contributed by atoms with Gasteiger partial charge in [0.2, 0.25) is 0 Å². The highest BCUT2D eigenvalue weighted by atomic mass is 16.5. The van der Waals surface area contributed by atoms with E-state index in [4.69, 9.17) is 4.74 Å². The molecule has 1 atom stereocenters. The van der Waals surface area contributed by atoms with E-state index in [0.717, 1.165) is 51.3 Å². The van der Waals surface area contributed by atoms with E-state index < -0.39 is 0 Å². The Hall–Kier alpha value is -0.850. The maximum Gasteiger partial charge on any atom is 0.191 e. The van der Waals surface area contributed by atoms with Gasteiger partial charge in [-0.2, -0.15) is 0 Å². The molecule has 136 valence electrons. The molecule has 0 aromatic carbocycles. The lowest BCUT2D eigenvalue weighted by atomic mass is 10.0. The van der Waals surface area contributed by atoms with E-state index in [-0.39, 0.29) is 0 Å². The van der Waals surface area contributed by atoms with Crippen molar-refractivity contribution in [2.24, 2.45) is 4.99 Å². The van der Waals surface area contributed by atoms with Crippen LogP contribution in [-0.4, -0.2) is 88.9 Å². The third kappa shape index (κ3) is 8.53. The van der Waals surface area contributed by atoms with Crippen LogP contribution in [-0.2, 0) is 4.74 Å². The molecule has 0 spiro atoms. The van der Waals surface area contributed by atoms with Gasteiger partial charge in [0, 0.05) is 52.9 Å². The Morgan fingerprint density at radius 3 is 2.74 bits per heavy atom. The summed E-state index contributed by atoms with van der Waals surface area (Å²) in [5.41, 5.74) is 0. The second-order valence-corrected chi connectivity index (χ2v) is 6.32. The SMILES string of the molecule is CCC1CCCCN1CCNC(=NC)NCCN(C)CCOC. The van der Waals surface area contributed by atoms with Gasteiger partial charge >= 0.3 is 0 Å². The fraction of sp³-hybridized carbons (Fsp3) is 0.941. The zero-order valence-electron chi connectivity index (χ0n) is 15.6. The third-order valence-electron chi connectivity index (χ3n) is 4.60. The van der Waals surface area contributed by atoms with E-state index in [0.29, 0.717) is 0 Å². The minimum Gasteiger partial charge on any atom is -0.383 e. The van der Waals surface area contributed by atoms with Crippen molar-refractivity contribution >= 4 is 5.96 Å². The van der Waals surface area contributed by atoms with Crippen molar-refractivity contribution in [1.82, 2.24) is 20.4 Å². The number of methoxy groups -OCH3 is 1. The Labute approximate surface area is 142 Å². The van der Waals surface area contributed by atoms with E-state index in [9.17, 15) is 0 Å². The molecular weight excluding hydrogens is 290 g/mol. The molecule has 6 heteroatoms. The largest absolute Gasteiger partial charge is 0.383 e. The van der Waals surface area contributed by atoms with Gasteiger partial charge in [-0.1, -0.05) is 13.3 Å². The first-order valence-electron chi connectivity index (χ1n) is 9.07. The smallest absolute Gasteiger partial charge is 0.191 e. The highest BCUT2D eigenvalue weighted by Crippen LogP contribution is 2.18. The zero-order chi connectivity index (χ0) is 16.9. The Morgan fingerprint density at radius 2 is 2.04 bits per heavy atom. The third-order valence-corrected chi connectivity index (χ3v) is 4.60. The lowest BCUT2D eigenvalue weighted by Gasteiger charge is -2.35. The van der Waals surface area contributed by atoms with Crippen LogP contribution in [0.15, 0.2) is 4.99 Å². The number of guanidine groups is 1. The highest BCUT2D eigenvalue weighted by Gasteiger charge is 2.19. The summed E-state index contributed by atoms with van der Waals surface area (Å²) in [4.78, 5) is 9.18. The molecule has 0 saturated carbocycles. The van der Waals surface area contributed by atoms with Crippen LogP contribution in [0.1, 0.15) is 32.6 Å². The Bertz CT molecular complexity index is 324. The van der Waals surface area contributed by atoms with Crippen molar-refractivity contribution < 1.29 is 4.74 Å². The van der Waals surface area contributed by atoms with Gasteiger partial charge in [0.05, 0.1) is 6.61 Å². The molecule has 1 aliphatic rings. The average Bonchev–Trinajstić information content (AvgIpc) is 2.58. The number of rotatable bonds is 10. The number of ether oxygens (including phenoxy) is 1. The molecule has 1 fully saturated rings. The molecular formula is C17H37N5O. The number of aliphatic imine (C=N–C) groups is 1. The quantitative estimate of drug-likeness (QED) is 0.463. The van der Waals surface area contributed by atoms with E-state index >= 15 is 0 Å². The first-order chi connectivity index (χ1) is 11.2. The number of hydrogen-bond donors (Lipinski definition) is 2. The normalized spacial score (nSPS) is 20.0. The van der Waals surface area contributed by atoms with Crippen LogP contribution in [0.3, 0.4) is 0 Å². The molecule has 1 saturated heterocycles. The van der Waals surface area contributed by atoms with E-state index in [1.165, 1.54) is 32.2 Å². The van der Waals surface area contributed by atoms with Gasteiger partial charge in [-0.15, -0.1) is 0 Å². The fourth-order valence-corrected chi connectivity index (χ4v) is 3.08. The van der Waals surface area contributed by atoms with Crippen molar-refractivity contribution in [2.45, 2.75) is 38.6 Å². The lowest BCUT2D eigenvalue weighted by molar-refractivity contribution is 0.147. The predicted molar refractivity (Wildman–Crippen MR) is 98.2 cm³/mol. The van der Waals surface area contributed by atoms with Gasteiger partial charge in [0.15, 0.2) is 5.96 Å². The molecule has 1 unspecified atom stereocenters. The highest BCUT2D eigenvalue weighted by molar-refractivity contribution is 5.79. The number of likely N-dealkylation sites (tertiary alicyclic amines) is 1. The summed E-state index contributed by atoms with van der Waals surface area (Å²) in [6.07, 6.45) is 5.36. The second kappa shape index (κ2) is 12.6. The molecule has 0 aromatic rings. The summed E-state index contributed by atoms with van der Waals surface area (Å²) in [5, 5.41) is 6.81. The van der Waals surface area contributed by atoms with Gasteiger partial charge in [-0.3, -0.25) is 9.89 Å². The summed E-state index contributed by atoms with van der Waals surface area (Å²) in [5.74, 6) is 0.898. The summed E-state index contributed by atoms with van der Waals surface area (Å²) in [6, 6.07) is 0.773. The molecule has 0 radical (unpaired) electrons. The van der Waals surface area contributed by atoms with Crippen LogP contribution in [0, 0.1) is 0 Å². The molecule has 23 heavy (non-hydrogen) atoms. The second-order valence-electron chi connectivity index (χ2n) is 6.32. The molecule has 0 amide bonds. The summed E-state index contributed by atoms with van der Waals surface area (Å²) >= 11 is 0. The van der Waals surface area contributed by atoms with Crippen LogP contribution < -0.4 is 10.6 Å². The number of piperidine rings is 1. The van der Waals surface area contributed by atoms with Gasteiger partial charge in [0.1, 0.15) is 0 Å². The van der Waals surface area contributed by atoms with Crippen molar-refractivity contribution in [2.75, 3.05) is 67.1 Å². The Kier molecular flexibility index (Phi) is 11.0. The predicted octanol–water partition coefficient (Wildman–Crippen LogP) is 0.994. The molecule has 1 aliphatic heterocycles. The van der Waals surface area contributed by atoms with Crippen molar-refractivity contribution in [1.29, 1.82) is 0 Å². The summed E-state index contributed by atoms with van der Waals surface area (Å²) in [6.45, 7) is 9.21. The minimum atomic E-state index is 0.773. The monoisotopic (exact) mass is 327 g/mol. The van der Waals surface area contributed by atoms with Gasteiger partial charge in [0.25, 0.3) is 0 Å². The number of likely N-dealkylation sites (N-methyl/N-ethyl adjacent to an activating group) is 1. The van der Waals surface area contributed by atoms with Crippen LogP contribution >= 0.6 is 0 Å². The summed E-state index contributed by atoms with van der Waals surface area (Å²) < 4.78 is 5.09. The average molecular weight is 328 g/mol. The van der Waals surface area contributed by atoms with Gasteiger partial charge in [-0.05, 0) is 32.9 Å². The van der Waals surface area contributed by atoms with E-state index in [1.807, 2.05) is 7.05 Å². The molecule has 0 aliphatic carbocycles. The maximum absolute atomic E-state index is 5.09. The molecule has 6 nitrogen and oxygen atoms in total. The topological polar surface area (TPSA) is 52.1 Å². The molecule has 0 aromatic heterocycles. The molecule has 2 N–H and O–H groups in total. The van der Waals surface area contributed by atoms with Crippen LogP contribution in [0.4, 0.5) is 0 Å². The van der Waals surface area contributed by atoms with Gasteiger partial charge in [-0.25, -0.2) is 0 Å². The maximum atomic E-state index is 5.09. The standard InChI is InChI=1S/C17H37N5O/c1-5-16-8-6-7-11-22(16)13-10-20-17(18-2)19-9-12-21(3)14-15-23-4/h16H,5-15H2,1-4H3,(H2,18,19,20). The number of hydrogen-bond acceptors (Lipinski definition) is 4. The van der Waals surface area contributed by atoms with Gasteiger partial charge < -0.3 is 20.3 Å². The van der Waals surface area contributed by atoms with Crippen molar-refractivity contribution in [3.05, 3.63) is 0 Å². The van der Waals surface area contributed by atoms with Crippen molar-refractivity contribution in [3.8, 4) is 0 Å². The number of nitrogens with one attached hydrogen (secondary N) is 2. The van der Waals surface area contributed by atoms with Crippen LogP contribution in [0.5, 0.6) is 0 Å². The summed E-state index contributed by atoms with van der Waals surface area (Å²) in [7, 11) is 5.68. The fourth-order valence-electron chi connectivity index (χ4n) is 3.08. The Balaban J connectivity index is 2.16. The zero-order valence-corrected chi connectivity index (χ0v) is 15.6. The first-order valence-corrected chi connectivity index (χ1v) is 9.07. The van der Waals surface area contributed by atoms with Crippen molar-refractivity contribution in [3.63, 3.8) is 0 Å². The van der Waals surface area contributed by atoms with Crippen LogP contribution in [0.25, 0.3) is 0 Å². The molecule has 1 heterocycles. The van der Waals surface area contributed by atoms with E-state index in [2.05, 4.69) is 39.4 Å². The lowest BCUT2D eigenvalue weighted by Crippen LogP contribution is -2.46.